The van der Waals surface area contributed by atoms with Gasteiger partial charge in [0, 0.05) is 10.8 Å². The van der Waals surface area contributed by atoms with Crippen LogP contribution >= 0.6 is 0 Å². The van der Waals surface area contributed by atoms with Gasteiger partial charge in [-0.3, -0.25) is 14.4 Å². The maximum atomic E-state index is 15.2. The van der Waals surface area contributed by atoms with Crippen molar-refractivity contribution < 1.29 is 42.1 Å². The Kier molecular flexibility index (Phi) is 6.87. The van der Waals surface area contributed by atoms with Gasteiger partial charge >= 0.3 is 12.6 Å². The highest BCUT2D eigenvalue weighted by atomic mass is 19.3. The summed E-state index contributed by atoms with van der Waals surface area (Å²) >= 11 is 0. The Morgan fingerprint density at radius 3 is 2.14 bits per heavy atom. The average molecular weight is 501 g/mol. The Bertz CT molecular complexity index is 1370. The number of anilines is 1. The Morgan fingerprint density at radius 2 is 1.61 bits per heavy atom. The number of carboxylic acids is 1. The lowest BCUT2D eigenvalue weighted by Crippen LogP contribution is -2.30. The number of amides is 2. The highest BCUT2D eigenvalue weighted by molar-refractivity contribution is 6.38. The van der Waals surface area contributed by atoms with Crippen molar-refractivity contribution in [3.8, 4) is 11.5 Å². The van der Waals surface area contributed by atoms with Gasteiger partial charge in [-0.25, -0.2) is 9.29 Å². The number of aliphatic carboxylic acids is 1. The first kappa shape index (κ1) is 25.0. The SMILES string of the molecule is CCCOc1c2c(c(OC(F)F)c3ccccc13)C(=O)N(c1ccc(C(CC)C(=O)O)cc1F)C2=O. The molecule has 1 aliphatic rings. The molecule has 7 nitrogen and oxygen atoms in total. The van der Waals surface area contributed by atoms with Crippen molar-refractivity contribution in [1.82, 2.24) is 0 Å². The minimum atomic E-state index is -3.30. The molecule has 0 saturated heterocycles. The fraction of sp³-hybridized carbons (Fsp3) is 0.269. The van der Waals surface area contributed by atoms with E-state index in [0.29, 0.717) is 11.3 Å². The summed E-state index contributed by atoms with van der Waals surface area (Å²) in [6.07, 6.45) is 0.753. The summed E-state index contributed by atoms with van der Waals surface area (Å²) in [7, 11) is 0. The van der Waals surface area contributed by atoms with Crippen LogP contribution in [0.25, 0.3) is 10.8 Å². The van der Waals surface area contributed by atoms with Gasteiger partial charge in [0.05, 0.1) is 29.3 Å². The lowest BCUT2D eigenvalue weighted by atomic mass is 9.96. The molecular weight excluding hydrogens is 479 g/mol. The summed E-state index contributed by atoms with van der Waals surface area (Å²) in [5.74, 6) is -5.67. The van der Waals surface area contributed by atoms with Crippen molar-refractivity contribution in [2.24, 2.45) is 0 Å². The number of carboxylic acid groups (broad SMARTS) is 1. The molecule has 0 aliphatic carbocycles. The normalized spacial score (nSPS) is 13.9. The highest BCUT2D eigenvalue weighted by Crippen LogP contribution is 2.47. The summed E-state index contributed by atoms with van der Waals surface area (Å²) in [6, 6.07) is 9.56. The predicted molar refractivity (Wildman–Crippen MR) is 125 cm³/mol. The van der Waals surface area contributed by atoms with Crippen LogP contribution in [0.15, 0.2) is 42.5 Å². The molecule has 1 N–H and O–H groups in total. The average Bonchev–Trinajstić information content (AvgIpc) is 3.09. The van der Waals surface area contributed by atoms with Crippen molar-refractivity contribution in [3.05, 3.63) is 65.0 Å². The van der Waals surface area contributed by atoms with E-state index in [1.165, 1.54) is 12.1 Å². The van der Waals surface area contributed by atoms with E-state index in [4.69, 9.17) is 9.47 Å². The minimum Gasteiger partial charge on any atom is -0.492 e. The number of imide groups is 1. The Labute approximate surface area is 204 Å². The monoisotopic (exact) mass is 501 g/mol. The number of nitrogens with zero attached hydrogens (tertiary/aromatic N) is 1. The Hall–Kier alpha value is -4.08. The molecule has 3 aromatic carbocycles. The lowest BCUT2D eigenvalue weighted by molar-refractivity contribution is -0.138. The van der Waals surface area contributed by atoms with Gasteiger partial charge in [-0.1, -0.05) is 44.2 Å². The number of hydrogen-bond donors (Lipinski definition) is 1. The first-order chi connectivity index (χ1) is 17.2. The molecule has 0 aromatic heterocycles. The number of ether oxygens (including phenoxy) is 2. The summed E-state index contributed by atoms with van der Waals surface area (Å²) in [5, 5.41) is 9.78. The van der Waals surface area contributed by atoms with Crippen molar-refractivity contribution in [1.29, 1.82) is 0 Å². The second kappa shape index (κ2) is 9.88. The fourth-order valence-electron chi connectivity index (χ4n) is 4.36. The molecule has 4 rings (SSSR count). The van der Waals surface area contributed by atoms with Crippen LogP contribution in [0.5, 0.6) is 11.5 Å². The molecule has 1 heterocycles. The standard InChI is InChI=1S/C26H22F3NO6/c1-3-11-35-21-15-7-5-6-8-16(15)22(36-26(28)29)20-19(21)23(31)30(24(20)32)18-10-9-13(12-17(18)27)14(4-2)25(33)34/h5-10,12,14,26H,3-4,11H2,1-2H3,(H,33,34). The zero-order valence-corrected chi connectivity index (χ0v) is 19.4. The summed E-state index contributed by atoms with van der Waals surface area (Å²) < 4.78 is 52.5. The number of hydrogen-bond acceptors (Lipinski definition) is 5. The Morgan fingerprint density at radius 1 is 1.00 bits per heavy atom. The van der Waals surface area contributed by atoms with Crippen LogP contribution < -0.4 is 14.4 Å². The smallest absolute Gasteiger partial charge is 0.387 e. The molecule has 0 spiro atoms. The first-order valence-corrected chi connectivity index (χ1v) is 11.3. The lowest BCUT2D eigenvalue weighted by Gasteiger charge is -2.17. The molecule has 0 bridgehead atoms. The highest BCUT2D eigenvalue weighted by Gasteiger charge is 2.45. The summed E-state index contributed by atoms with van der Waals surface area (Å²) in [6.45, 7) is 0.328. The molecule has 10 heteroatoms. The zero-order valence-electron chi connectivity index (χ0n) is 19.4. The van der Waals surface area contributed by atoms with Crippen LogP contribution in [0.1, 0.15) is 58.9 Å². The van der Waals surface area contributed by atoms with E-state index in [1.54, 1.807) is 25.1 Å². The largest absolute Gasteiger partial charge is 0.492 e. The zero-order chi connectivity index (χ0) is 26.1. The molecule has 188 valence electrons. The first-order valence-electron chi connectivity index (χ1n) is 11.3. The third kappa shape index (κ3) is 4.12. The van der Waals surface area contributed by atoms with Gasteiger partial charge in [0.1, 0.15) is 17.3 Å². The van der Waals surface area contributed by atoms with E-state index in [9.17, 15) is 28.3 Å². The van der Waals surface area contributed by atoms with Crippen molar-refractivity contribution in [3.63, 3.8) is 0 Å². The molecule has 0 saturated carbocycles. The van der Waals surface area contributed by atoms with Gasteiger partial charge in [0.15, 0.2) is 0 Å². The summed E-state index contributed by atoms with van der Waals surface area (Å²) in [4.78, 5) is 39.0. The van der Waals surface area contributed by atoms with Gasteiger partial charge in [-0.15, -0.1) is 0 Å². The van der Waals surface area contributed by atoms with Crippen LogP contribution in [-0.4, -0.2) is 36.1 Å². The van der Waals surface area contributed by atoms with Gasteiger partial charge in [0.25, 0.3) is 11.8 Å². The number of benzene rings is 3. The molecule has 2 amide bonds. The maximum absolute atomic E-state index is 15.2. The third-order valence-electron chi connectivity index (χ3n) is 5.93. The molecule has 0 fully saturated rings. The van der Waals surface area contributed by atoms with E-state index >= 15 is 4.39 Å². The van der Waals surface area contributed by atoms with E-state index in [-0.39, 0.29) is 40.7 Å². The molecule has 36 heavy (non-hydrogen) atoms. The van der Waals surface area contributed by atoms with Gasteiger partial charge in [-0.2, -0.15) is 8.78 Å². The van der Waals surface area contributed by atoms with Gasteiger partial charge in [-0.05, 0) is 30.5 Å². The number of alkyl halides is 2. The van der Waals surface area contributed by atoms with Crippen LogP contribution in [0.2, 0.25) is 0 Å². The van der Waals surface area contributed by atoms with E-state index in [2.05, 4.69) is 0 Å². The van der Waals surface area contributed by atoms with Crippen LogP contribution in [0, 0.1) is 5.82 Å². The number of fused-ring (bicyclic) bond motifs is 2. The number of carbonyl (C=O) groups is 3. The molecule has 3 aromatic rings. The second-order valence-electron chi connectivity index (χ2n) is 8.14. The van der Waals surface area contributed by atoms with Gasteiger partial charge < -0.3 is 14.6 Å². The maximum Gasteiger partial charge on any atom is 0.387 e. The number of carbonyl (C=O) groups excluding carboxylic acids is 2. The van der Waals surface area contributed by atoms with Gasteiger partial charge in [0.2, 0.25) is 0 Å². The number of halogens is 3. The quantitative estimate of drug-likeness (QED) is 0.376. The molecule has 1 unspecified atom stereocenters. The second-order valence-corrected chi connectivity index (χ2v) is 8.14. The van der Waals surface area contributed by atoms with Crippen LogP contribution in [-0.2, 0) is 4.79 Å². The van der Waals surface area contributed by atoms with Crippen LogP contribution in [0.4, 0.5) is 18.9 Å². The molecule has 1 atom stereocenters. The van der Waals surface area contributed by atoms with E-state index in [1.807, 2.05) is 6.92 Å². The summed E-state index contributed by atoms with van der Waals surface area (Å²) in [5.41, 5.74) is -1.05. The topological polar surface area (TPSA) is 93.1 Å². The van der Waals surface area contributed by atoms with Crippen molar-refractivity contribution in [2.45, 2.75) is 39.2 Å². The molecule has 0 radical (unpaired) electrons. The molecule has 1 aliphatic heterocycles. The Balaban J connectivity index is 1.92. The molecular formula is C26H22F3NO6. The third-order valence-corrected chi connectivity index (χ3v) is 5.93. The fourth-order valence-corrected chi connectivity index (χ4v) is 4.36. The van der Waals surface area contributed by atoms with E-state index in [0.717, 1.165) is 12.1 Å². The minimum absolute atomic E-state index is 0.0128. The van der Waals surface area contributed by atoms with E-state index < -0.39 is 53.1 Å². The number of rotatable bonds is 9. The van der Waals surface area contributed by atoms with Crippen molar-refractivity contribution >= 4 is 34.2 Å². The van der Waals surface area contributed by atoms with Crippen LogP contribution in [0.3, 0.4) is 0 Å². The predicted octanol–water partition coefficient (Wildman–Crippen LogP) is 5.75. The van der Waals surface area contributed by atoms with Crippen molar-refractivity contribution in [2.75, 3.05) is 11.5 Å².